The van der Waals surface area contributed by atoms with Gasteiger partial charge in [-0.25, -0.2) is 0 Å². The number of alkyl halides is 2. The van der Waals surface area contributed by atoms with Gasteiger partial charge in [0.15, 0.2) is 11.5 Å². The van der Waals surface area contributed by atoms with Crippen LogP contribution in [0.5, 0.6) is 17.2 Å². The molecule has 1 amide bonds. The minimum Gasteiger partial charge on any atom is -0.496 e. The first-order chi connectivity index (χ1) is 12.9. The number of hydrogen-bond donors (Lipinski definition) is 1. The average Bonchev–Trinajstić information content (AvgIpc) is 2.66. The maximum atomic E-state index is 12.4. The molecule has 0 radical (unpaired) electrons. The van der Waals surface area contributed by atoms with E-state index in [0.717, 1.165) is 5.56 Å². The van der Waals surface area contributed by atoms with Crippen LogP contribution < -0.4 is 19.5 Å². The smallest absolute Gasteiger partial charge is 0.387 e. The highest BCUT2D eigenvalue weighted by Crippen LogP contribution is 2.30. The third-order valence-corrected chi connectivity index (χ3v) is 3.80. The van der Waals surface area contributed by atoms with Crippen molar-refractivity contribution >= 4 is 12.0 Å². The Morgan fingerprint density at radius 3 is 2.41 bits per heavy atom. The predicted molar refractivity (Wildman–Crippen MR) is 98.2 cm³/mol. The normalized spacial score (nSPS) is 12.1. The number of benzene rings is 2. The van der Waals surface area contributed by atoms with E-state index in [0.29, 0.717) is 11.3 Å². The molecule has 0 aliphatic carbocycles. The Labute approximate surface area is 156 Å². The van der Waals surface area contributed by atoms with Gasteiger partial charge in [0.1, 0.15) is 5.75 Å². The predicted octanol–water partition coefficient (Wildman–Crippen LogP) is 4.20. The van der Waals surface area contributed by atoms with E-state index < -0.39 is 6.61 Å². The molecule has 0 saturated heterocycles. The average molecular weight is 377 g/mol. The van der Waals surface area contributed by atoms with E-state index in [4.69, 9.17) is 9.47 Å². The van der Waals surface area contributed by atoms with E-state index in [1.165, 1.54) is 25.3 Å². The summed E-state index contributed by atoms with van der Waals surface area (Å²) >= 11 is 0. The Morgan fingerprint density at radius 1 is 1.04 bits per heavy atom. The van der Waals surface area contributed by atoms with E-state index in [1.807, 2.05) is 31.2 Å². The molecule has 0 fully saturated rings. The van der Waals surface area contributed by atoms with Crippen LogP contribution in [0.4, 0.5) is 8.78 Å². The van der Waals surface area contributed by atoms with Gasteiger partial charge in [0.05, 0.1) is 20.3 Å². The summed E-state index contributed by atoms with van der Waals surface area (Å²) in [7, 11) is 2.92. The lowest BCUT2D eigenvalue weighted by molar-refractivity contribution is -0.117. The van der Waals surface area contributed by atoms with Crippen molar-refractivity contribution in [1.29, 1.82) is 0 Å². The number of para-hydroxylation sites is 1. The Balaban J connectivity index is 2.05. The van der Waals surface area contributed by atoms with Crippen LogP contribution in [0.2, 0.25) is 0 Å². The molecule has 144 valence electrons. The van der Waals surface area contributed by atoms with Crippen LogP contribution in [-0.4, -0.2) is 26.7 Å². The van der Waals surface area contributed by atoms with Crippen LogP contribution in [0, 0.1) is 0 Å². The number of amides is 1. The van der Waals surface area contributed by atoms with Crippen LogP contribution in [0.25, 0.3) is 6.08 Å². The largest absolute Gasteiger partial charge is 0.496 e. The van der Waals surface area contributed by atoms with Crippen molar-refractivity contribution in [2.75, 3.05) is 14.2 Å². The van der Waals surface area contributed by atoms with Gasteiger partial charge in [-0.2, -0.15) is 8.78 Å². The lowest BCUT2D eigenvalue weighted by atomic mass is 10.1. The zero-order valence-electron chi connectivity index (χ0n) is 15.2. The molecule has 0 saturated carbocycles. The van der Waals surface area contributed by atoms with Crippen LogP contribution in [0.15, 0.2) is 48.5 Å². The fraction of sp³-hybridized carbons (Fsp3) is 0.250. The monoisotopic (exact) mass is 377 g/mol. The highest BCUT2D eigenvalue weighted by Gasteiger charge is 2.13. The van der Waals surface area contributed by atoms with Crippen LogP contribution in [-0.2, 0) is 4.79 Å². The number of methoxy groups -OCH3 is 2. The number of halogens is 2. The molecule has 1 N–H and O–H groups in total. The second-order valence-electron chi connectivity index (χ2n) is 5.59. The number of hydrogen-bond acceptors (Lipinski definition) is 4. The number of carbonyl (C=O) groups excluding carboxylic acids is 1. The summed E-state index contributed by atoms with van der Waals surface area (Å²) in [6.07, 6.45) is 2.91. The van der Waals surface area contributed by atoms with Crippen LogP contribution in [0.3, 0.4) is 0 Å². The summed E-state index contributed by atoms with van der Waals surface area (Å²) in [5, 5.41) is 2.85. The van der Waals surface area contributed by atoms with Gasteiger partial charge in [-0.05, 0) is 36.8 Å². The zero-order valence-corrected chi connectivity index (χ0v) is 15.2. The van der Waals surface area contributed by atoms with E-state index in [1.54, 1.807) is 19.3 Å². The molecule has 2 rings (SSSR count). The molecule has 7 heteroatoms. The number of ether oxygens (including phenoxy) is 3. The number of nitrogens with one attached hydrogen (secondary N) is 1. The van der Waals surface area contributed by atoms with Crippen molar-refractivity contribution in [3.63, 3.8) is 0 Å². The Bertz CT molecular complexity index is 808. The van der Waals surface area contributed by atoms with Gasteiger partial charge >= 0.3 is 6.61 Å². The van der Waals surface area contributed by atoms with Crippen molar-refractivity contribution in [2.24, 2.45) is 0 Å². The summed E-state index contributed by atoms with van der Waals surface area (Å²) in [6, 6.07) is 11.6. The van der Waals surface area contributed by atoms with Crippen LogP contribution >= 0.6 is 0 Å². The summed E-state index contributed by atoms with van der Waals surface area (Å²) < 4.78 is 39.4. The van der Waals surface area contributed by atoms with Crippen molar-refractivity contribution in [3.05, 3.63) is 59.7 Å². The molecule has 0 spiro atoms. The van der Waals surface area contributed by atoms with Crippen molar-refractivity contribution < 1.29 is 27.8 Å². The molecule has 0 heterocycles. The van der Waals surface area contributed by atoms with Gasteiger partial charge in [0, 0.05) is 11.6 Å². The second-order valence-corrected chi connectivity index (χ2v) is 5.59. The third kappa shape index (κ3) is 5.70. The molecule has 2 aromatic rings. The molecule has 0 bridgehead atoms. The first-order valence-electron chi connectivity index (χ1n) is 8.19. The second kappa shape index (κ2) is 9.56. The van der Waals surface area contributed by atoms with Gasteiger partial charge in [0.25, 0.3) is 0 Å². The summed E-state index contributed by atoms with van der Waals surface area (Å²) in [6.45, 7) is -1.09. The quantitative estimate of drug-likeness (QED) is 0.701. The van der Waals surface area contributed by atoms with Crippen molar-refractivity contribution in [1.82, 2.24) is 5.32 Å². The number of rotatable bonds is 8. The summed E-state index contributed by atoms with van der Waals surface area (Å²) in [4.78, 5) is 12.2. The molecule has 1 atom stereocenters. The van der Waals surface area contributed by atoms with Gasteiger partial charge in [-0.1, -0.05) is 24.3 Å². The van der Waals surface area contributed by atoms with Crippen molar-refractivity contribution in [2.45, 2.75) is 19.6 Å². The fourth-order valence-corrected chi connectivity index (χ4v) is 2.52. The standard InChI is InChI=1S/C20H21F2NO4/c1-13(15-6-4-5-7-16(15)25-2)23-19(24)11-9-14-8-10-17(27-20(21)22)18(12-14)26-3/h4-13,20H,1-3H3,(H,23,24)/b11-9+. The molecular formula is C20H21F2NO4. The molecule has 27 heavy (non-hydrogen) atoms. The Kier molecular flexibility index (Phi) is 7.16. The van der Waals surface area contributed by atoms with E-state index in [2.05, 4.69) is 10.1 Å². The fourth-order valence-electron chi connectivity index (χ4n) is 2.52. The third-order valence-electron chi connectivity index (χ3n) is 3.80. The Morgan fingerprint density at radius 2 is 1.74 bits per heavy atom. The molecule has 2 aromatic carbocycles. The zero-order chi connectivity index (χ0) is 19.8. The molecule has 0 aromatic heterocycles. The van der Waals surface area contributed by atoms with Crippen molar-refractivity contribution in [3.8, 4) is 17.2 Å². The summed E-state index contributed by atoms with van der Waals surface area (Å²) in [5.74, 6) is 0.466. The lowest BCUT2D eigenvalue weighted by Gasteiger charge is -2.16. The van der Waals surface area contributed by atoms with Gasteiger partial charge < -0.3 is 19.5 Å². The minimum atomic E-state index is -2.94. The van der Waals surface area contributed by atoms with E-state index >= 15 is 0 Å². The maximum Gasteiger partial charge on any atom is 0.387 e. The molecule has 1 unspecified atom stereocenters. The molecular weight excluding hydrogens is 356 g/mol. The first-order valence-corrected chi connectivity index (χ1v) is 8.19. The van der Waals surface area contributed by atoms with Gasteiger partial charge in [-0.15, -0.1) is 0 Å². The number of carbonyl (C=O) groups is 1. The Hall–Kier alpha value is -3.09. The van der Waals surface area contributed by atoms with E-state index in [-0.39, 0.29) is 23.4 Å². The molecule has 0 aliphatic rings. The SMILES string of the molecule is COc1cc(/C=C/C(=O)NC(C)c2ccccc2OC)ccc1OC(F)F. The highest BCUT2D eigenvalue weighted by atomic mass is 19.3. The minimum absolute atomic E-state index is 0.0705. The molecule has 0 aliphatic heterocycles. The molecule has 5 nitrogen and oxygen atoms in total. The summed E-state index contributed by atoms with van der Waals surface area (Å²) in [5.41, 5.74) is 1.46. The van der Waals surface area contributed by atoms with Gasteiger partial charge in [-0.3, -0.25) is 4.79 Å². The first kappa shape index (κ1) is 20.2. The maximum absolute atomic E-state index is 12.4. The highest BCUT2D eigenvalue weighted by molar-refractivity contribution is 5.92. The lowest BCUT2D eigenvalue weighted by Crippen LogP contribution is -2.24. The van der Waals surface area contributed by atoms with Gasteiger partial charge in [0.2, 0.25) is 5.91 Å². The van der Waals surface area contributed by atoms with Crippen LogP contribution in [0.1, 0.15) is 24.1 Å². The van der Waals surface area contributed by atoms with E-state index in [9.17, 15) is 13.6 Å². The topological polar surface area (TPSA) is 56.8 Å².